The largest absolute Gasteiger partial charge is 0.416 e. The number of benzene rings is 1. The molecule has 1 aliphatic rings. The molecule has 1 aromatic carbocycles. The minimum absolute atomic E-state index is 0.0308. The van der Waals surface area contributed by atoms with E-state index in [1.54, 1.807) is 13.0 Å². The Morgan fingerprint density at radius 2 is 2.03 bits per heavy atom. The van der Waals surface area contributed by atoms with Crippen molar-refractivity contribution in [3.63, 3.8) is 0 Å². The number of halogens is 4. The number of alkyl halides is 3. The first-order chi connectivity index (χ1) is 13.8. The molecule has 0 aliphatic carbocycles. The maximum absolute atomic E-state index is 13.4. The van der Waals surface area contributed by atoms with Crippen LogP contribution in [0.1, 0.15) is 35.5 Å². The maximum atomic E-state index is 13.4. The lowest BCUT2D eigenvalue weighted by Crippen LogP contribution is -2.33. The van der Waals surface area contributed by atoms with Gasteiger partial charge in [-0.3, -0.25) is 4.79 Å². The third kappa shape index (κ3) is 3.48. The molecule has 152 valence electrons. The second kappa shape index (κ2) is 7.18. The molecule has 0 fully saturated rings. The van der Waals surface area contributed by atoms with Gasteiger partial charge in [-0.25, -0.2) is 9.78 Å². The summed E-state index contributed by atoms with van der Waals surface area (Å²) in [5.41, 5.74) is 0.832. The third-order valence-corrected chi connectivity index (χ3v) is 5.40. The highest BCUT2D eigenvalue weighted by molar-refractivity contribution is 6.32. The molecule has 0 radical (unpaired) electrons. The zero-order chi connectivity index (χ0) is 20.8. The summed E-state index contributed by atoms with van der Waals surface area (Å²) in [4.78, 5) is 13.5. The van der Waals surface area contributed by atoms with Gasteiger partial charge < -0.3 is 4.90 Å². The van der Waals surface area contributed by atoms with Crippen LogP contribution in [-0.4, -0.2) is 31.7 Å². The van der Waals surface area contributed by atoms with E-state index in [4.69, 9.17) is 11.6 Å². The molecule has 0 spiro atoms. The Balaban J connectivity index is 1.66. The van der Waals surface area contributed by atoms with E-state index in [0.29, 0.717) is 30.9 Å². The molecule has 0 bridgehead atoms. The van der Waals surface area contributed by atoms with Crippen molar-refractivity contribution in [1.82, 2.24) is 25.2 Å². The first-order valence-electron chi connectivity index (χ1n) is 8.84. The van der Waals surface area contributed by atoms with Gasteiger partial charge in [-0.1, -0.05) is 35.0 Å². The molecule has 0 amide bonds. The average molecular weight is 425 g/mol. The second-order valence-corrected chi connectivity index (χ2v) is 7.14. The Bertz CT molecular complexity index is 1110. The van der Waals surface area contributed by atoms with Crippen molar-refractivity contribution in [3.8, 4) is 0 Å². The van der Waals surface area contributed by atoms with Crippen molar-refractivity contribution >= 4 is 17.3 Å². The molecule has 1 atom stereocenters. The van der Waals surface area contributed by atoms with Crippen LogP contribution in [0.5, 0.6) is 0 Å². The van der Waals surface area contributed by atoms with E-state index < -0.39 is 23.3 Å². The molecule has 1 aliphatic heterocycles. The van der Waals surface area contributed by atoms with Crippen molar-refractivity contribution < 1.29 is 13.2 Å². The lowest BCUT2D eigenvalue weighted by molar-refractivity contribution is -0.138. The Hall–Kier alpha value is -2.88. The van der Waals surface area contributed by atoms with E-state index in [9.17, 15) is 18.0 Å². The Morgan fingerprint density at radius 1 is 1.28 bits per heavy atom. The van der Waals surface area contributed by atoms with Gasteiger partial charge in [0, 0.05) is 13.0 Å². The summed E-state index contributed by atoms with van der Waals surface area (Å²) in [7, 11) is 0. The van der Waals surface area contributed by atoms with Crippen LogP contribution in [0.15, 0.2) is 35.3 Å². The zero-order valence-electron chi connectivity index (χ0n) is 15.2. The fourth-order valence-electron chi connectivity index (χ4n) is 3.59. The smallest absolute Gasteiger partial charge is 0.362 e. The van der Waals surface area contributed by atoms with Gasteiger partial charge in [0.25, 0.3) is 5.56 Å². The molecule has 7 nitrogen and oxygen atoms in total. The van der Waals surface area contributed by atoms with Crippen molar-refractivity contribution in [3.05, 3.63) is 68.4 Å². The fraction of sp³-hybridized carbons (Fsp3) is 0.333. The van der Waals surface area contributed by atoms with Gasteiger partial charge in [0.1, 0.15) is 10.7 Å². The number of H-pyrrole nitrogens is 1. The molecule has 11 heteroatoms. The Morgan fingerprint density at radius 3 is 2.79 bits per heavy atom. The molecule has 0 unspecified atom stereocenters. The number of rotatable bonds is 3. The molecule has 3 heterocycles. The molecule has 4 rings (SSSR count). The highest BCUT2D eigenvalue weighted by Gasteiger charge is 2.35. The average Bonchev–Trinajstić information content (AvgIpc) is 3.12. The number of nitrogens with one attached hydrogen (secondary N) is 1. The van der Waals surface area contributed by atoms with Gasteiger partial charge in [0.15, 0.2) is 0 Å². The summed E-state index contributed by atoms with van der Waals surface area (Å²) < 4.78 is 41.7. The topological polar surface area (TPSA) is 79.7 Å². The SMILES string of the molecule is C[C@H](c1ccccc1C(F)(F)F)n1nnc2c1CCN(c1cn[nH]c(=O)c1Cl)C2. The normalized spacial score (nSPS) is 15.3. The standard InChI is InChI=1S/C18H16ClF3N6O/c1-10(11-4-2-3-5-12(11)18(20,21)22)28-14-6-7-27(9-13(14)24-26-28)15-8-23-25-17(29)16(15)19/h2-5,8,10H,6-7,9H2,1H3,(H,25,29)/t10-/m1/s1. The lowest BCUT2D eigenvalue weighted by atomic mass is 10.0. The third-order valence-electron chi connectivity index (χ3n) is 5.03. The highest BCUT2D eigenvalue weighted by Crippen LogP contribution is 2.36. The molecule has 0 saturated heterocycles. The van der Waals surface area contributed by atoms with Crippen LogP contribution < -0.4 is 10.5 Å². The molecule has 0 saturated carbocycles. The van der Waals surface area contributed by atoms with Crippen LogP contribution >= 0.6 is 11.6 Å². The van der Waals surface area contributed by atoms with E-state index in [0.717, 1.165) is 11.8 Å². The van der Waals surface area contributed by atoms with Gasteiger partial charge in [0.2, 0.25) is 0 Å². The van der Waals surface area contributed by atoms with Crippen LogP contribution in [0.2, 0.25) is 5.02 Å². The van der Waals surface area contributed by atoms with Gasteiger partial charge in [0.05, 0.1) is 35.7 Å². The molecule has 29 heavy (non-hydrogen) atoms. The minimum Gasteiger partial charge on any atom is -0.362 e. The minimum atomic E-state index is -4.45. The van der Waals surface area contributed by atoms with E-state index in [1.165, 1.54) is 23.0 Å². The summed E-state index contributed by atoms with van der Waals surface area (Å²) in [6.45, 7) is 2.50. The monoisotopic (exact) mass is 424 g/mol. The number of hydrogen-bond acceptors (Lipinski definition) is 5. The molecule has 1 N–H and O–H groups in total. The summed E-state index contributed by atoms with van der Waals surface area (Å²) >= 11 is 6.08. The van der Waals surface area contributed by atoms with E-state index in [2.05, 4.69) is 20.5 Å². The Kier molecular flexibility index (Phi) is 4.81. The second-order valence-electron chi connectivity index (χ2n) is 6.76. The quantitative estimate of drug-likeness (QED) is 0.698. The molecule has 2 aromatic heterocycles. The van der Waals surface area contributed by atoms with Gasteiger partial charge >= 0.3 is 6.18 Å². The number of aromatic amines is 1. The van der Waals surface area contributed by atoms with Crippen LogP contribution in [-0.2, 0) is 19.1 Å². The van der Waals surface area contributed by atoms with Crippen LogP contribution in [0.25, 0.3) is 0 Å². The molecular weight excluding hydrogens is 409 g/mol. The van der Waals surface area contributed by atoms with E-state index >= 15 is 0 Å². The predicted octanol–water partition coefficient (Wildman–Crippen LogP) is 3.21. The first-order valence-corrected chi connectivity index (χ1v) is 9.22. The fourth-order valence-corrected chi connectivity index (χ4v) is 3.80. The van der Waals surface area contributed by atoms with Gasteiger partial charge in [-0.2, -0.15) is 18.3 Å². The number of hydrogen-bond donors (Lipinski definition) is 1. The highest BCUT2D eigenvalue weighted by atomic mass is 35.5. The maximum Gasteiger partial charge on any atom is 0.416 e. The summed E-state index contributed by atoms with van der Waals surface area (Å²) in [5.74, 6) is 0. The van der Waals surface area contributed by atoms with E-state index in [-0.39, 0.29) is 10.6 Å². The number of aromatic nitrogens is 5. The van der Waals surface area contributed by atoms with E-state index in [1.807, 2.05) is 4.90 Å². The first kappa shape index (κ1) is 19.4. The number of anilines is 1. The van der Waals surface area contributed by atoms with Crippen LogP contribution in [0.3, 0.4) is 0 Å². The number of nitrogens with zero attached hydrogens (tertiary/aromatic N) is 5. The summed E-state index contributed by atoms with van der Waals surface area (Å²) in [6, 6.07) is 4.83. The lowest BCUT2D eigenvalue weighted by Gasteiger charge is -2.29. The summed E-state index contributed by atoms with van der Waals surface area (Å²) in [5, 5.41) is 14.4. The predicted molar refractivity (Wildman–Crippen MR) is 99.9 cm³/mol. The van der Waals surface area contributed by atoms with Crippen molar-refractivity contribution in [2.45, 2.75) is 32.1 Å². The van der Waals surface area contributed by atoms with Crippen molar-refractivity contribution in [2.75, 3.05) is 11.4 Å². The summed E-state index contributed by atoms with van der Waals surface area (Å²) in [6.07, 6.45) is -2.50. The Labute approximate surface area is 168 Å². The zero-order valence-corrected chi connectivity index (χ0v) is 16.0. The van der Waals surface area contributed by atoms with Gasteiger partial charge in [-0.05, 0) is 18.6 Å². The van der Waals surface area contributed by atoms with Gasteiger partial charge in [-0.15, -0.1) is 5.10 Å². The van der Waals surface area contributed by atoms with Crippen LogP contribution in [0, 0.1) is 0 Å². The van der Waals surface area contributed by atoms with Crippen LogP contribution in [0.4, 0.5) is 18.9 Å². The van der Waals surface area contributed by atoms with Crippen molar-refractivity contribution in [2.24, 2.45) is 0 Å². The number of fused-ring (bicyclic) bond motifs is 1. The van der Waals surface area contributed by atoms with Crippen molar-refractivity contribution in [1.29, 1.82) is 0 Å². The molecular formula is C18H16ClF3N6O. The molecule has 3 aromatic rings.